The predicted octanol–water partition coefficient (Wildman–Crippen LogP) is 0.250. The Balaban J connectivity index is 0. The van der Waals surface area contributed by atoms with E-state index in [1.165, 1.54) is 0 Å². The van der Waals surface area contributed by atoms with Crippen molar-refractivity contribution in [3.63, 3.8) is 0 Å². The normalized spacial score (nSPS) is 0. The largest absolute Gasteiger partial charge is 0.0776 e. The molecule has 0 aromatic rings. The molecule has 0 aliphatic carbocycles. The summed E-state index contributed by atoms with van der Waals surface area (Å²) in [5.74, 6) is 0. The van der Waals surface area contributed by atoms with Gasteiger partial charge < -0.3 is 0 Å². The summed E-state index contributed by atoms with van der Waals surface area (Å²) in [4.78, 5) is 0. The van der Waals surface area contributed by atoms with Crippen molar-refractivity contribution in [2.24, 2.45) is 0 Å². The molecule has 0 aliphatic heterocycles. The summed E-state index contributed by atoms with van der Waals surface area (Å²) < 4.78 is 0. The Morgan fingerprint density at radius 3 is 1.00 bits per heavy atom. The maximum atomic E-state index is 0. The zero-order valence-corrected chi connectivity index (χ0v) is 3.34. The van der Waals surface area contributed by atoms with Gasteiger partial charge in [-0.15, -0.1) is 0 Å². The van der Waals surface area contributed by atoms with E-state index >= 15 is 0 Å². The molecule has 0 amide bonds. The molecule has 0 saturated heterocycles. The fraction of sp³-hybridized carbons (Fsp3) is 1.00. The van der Waals surface area contributed by atoms with Crippen LogP contribution in [0.3, 0.4) is 0 Å². The van der Waals surface area contributed by atoms with E-state index in [1.54, 1.807) is 0 Å². The molecular formula is CH4BFeNi. The zero-order chi connectivity index (χ0) is 0. The monoisotopic (exact) mass is 141 g/mol. The van der Waals surface area contributed by atoms with Gasteiger partial charge in [-0.3, -0.25) is 0 Å². The van der Waals surface area contributed by atoms with Gasteiger partial charge in [-0.2, -0.15) is 0 Å². The van der Waals surface area contributed by atoms with Gasteiger partial charge in [0.2, 0.25) is 0 Å². The minimum Gasteiger partial charge on any atom is -0.0776 e. The fourth-order valence-electron chi connectivity index (χ4n) is 0. The van der Waals surface area contributed by atoms with Gasteiger partial charge in [0.1, 0.15) is 0 Å². The van der Waals surface area contributed by atoms with Crippen LogP contribution in [0.5, 0.6) is 0 Å². The molecule has 0 aliphatic rings. The Kier molecular flexibility index (Phi) is 604. The van der Waals surface area contributed by atoms with E-state index in [0.717, 1.165) is 0 Å². The second-order valence-electron chi connectivity index (χ2n) is 0. The molecule has 0 atom stereocenters. The van der Waals surface area contributed by atoms with E-state index in [1.807, 2.05) is 0 Å². The Morgan fingerprint density at radius 1 is 1.00 bits per heavy atom. The quantitative estimate of drug-likeness (QED) is 0.424. The van der Waals surface area contributed by atoms with Gasteiger partial charge in [0.15, 0.2) is 0 Å². The van der Waals surface area contributed by atoms with Crippen molar-refractivity contribution in [2.75, 3.05) is 0 Å². The molecule has 3 radical (unpaired) electrons. The number of hydrogen-bond donors (Lipinski definition) is 0. The molecular weight excluding hydrogens is 137 g/mol. The van der Waals surface area contributed by atoms with E-state index in [9.17, 15) is 0 Å². The van der Waals surface area contributed by atoms with Crippen molar-refractivity contribution < 1.29 is 33.6 Å². The van der Waals surface area contributed by atoms with Crippen molar-refractivity contribution >= 4 is 8.41 Å². The number of hydrogen-bond acceptors (Lipinski definition) is 0. The van der Waals surface area contributed by atoms with E-state index in [4.69, 9.17) is 0 Å². The molecule has 0 saturated carbocycles. The van der Waals surface area contributed by atoms with Crippen LogP contribution in [-0.2, 0) is 33.6 Å². The third-order valence-electron chi connectivity index (χ3n) is 0. The van der Waals surface area contributed by atoms with Crippen LogP contribution in [-0.4, -0.2) is 8.41 Å². The van der Waals surface area contributed by atoms with E-state index in [0.29, 0.717) is 0 Å². The first-order valence-electron chi connectivity index (χ1n) is 0. The molecule has 0 heterocycles. The molecule has 0 rings (SSSR count). The smallest absolute Gasteiger partial charge is 0 e. The molecule has 0 fully saturated rings. The molecule has 0 nitrogen and oxygen atoms in total. The first-order chi connectivity index (χ1) is 0. The first kappa shape index (κ1) is 72.7. The Morgan fingerprint density at radius 2 is 1.00 bits per heavy atom. The van der Waals surface area contributed by atoms with Crippen LogP contribution in [0.4, 0.5) is 0 Å². The third kappa shape index (κ3) is 11.4. The minimum atomic E-state index is 0. The van der Waals surface area contributed by atoms with Crippen LogP contribution in [0.15, 0.2) is 0 Å². The van der Waals surface area contributed by atoms with Crippen LogP contribution >= 0.6 is 0 Å². The molecule has 0 unspecified atom stereocenters. The second-order valence-corrected chi connectivity index (χ2v) is 0. The van der Waals surface area contributed by atoms with Gasteiger partial charge in [0.05, 0.1) is 0 Å². The third-order valence-corrected chi connectivity index (χ3v) is 0. The van der Waals surface area contributed by atoms with Crippen LogP contribution < -0.4 is 0 Å². The van der Waals surface area contributed by atoms with Crippen molar-refractivity contribution in [3.8, 4) is 0 Å². The number of rotatable bonds is 0. The summed E-state index contributed by atoms with van der Waals surface area (Å²) in [7, 11) is 0. The molecule has 0 N–H and O–H groups in total. The molecule has 0 aromatic heterocycles. The van der Waals surface area contributed by atoms with Crippen molar-refractivity contribution in [1.29, 1.82) is 0 Å². The van der Waals surface area contributed by atoms with E-state index in [2.05, 4.69) is 0 Å². The Labute approximate surface area is 49.7 Å². The van der Waals surface area contributed by atoms with Gasteiger partial charge >= 0.3 is 0 Å². The summed E-state index contributed by atoms with van der Waals surface area (Å²) in [5, 5.41) is 0. The van der Waals surface area contributed by atoms with E-state index < -0.39 is 0 Å². The maximum Gasteiger partial charge on any atom is 0 e. The van der Waals surface area contributed by atoms with Crippen LogP contribution in [0.2, 0.25) is 0 Å². The topological polar surface area (TPSA) is 0 Å². The summed E-state index contributed by atoms with van der Waals surface area (Å²) in [6.45, 7) is 0. The van der Waals surface area contributed by atoms with Crippen LogP contribution in [0, 0.1) is 0 Å². The van der Waals surface area contributed by atoms with Gasteiger partial charge in [-0.1, -0.05) is 7.43 Å². The van der Waals surface area contributed by atoms with E-state index in [-0.39, 0.29) is 49.4 Å². The van der Waals surface area contributed by atoms with Gasteiger partial charge in [0, 0.05) is 42.0 Å². The fourth-order valence-corrected chi connectivity index (χ4v) is 0. The standard InChI is InChI=1S/CH4.B.Fe.Ni/h1H4;;;. The summed E-state index contributed by atoms with van der Waals surface area (Å²) in [6, 6.07) is 0. The molecule has 29 valence electrons. The molecule has 0 aromatic carbocycles. The van der Waals surface area contributed by atoms with Crippen molar-refractivity contribution in [1.82, 2.24) is 0 Å². The molecule has 4 heavy (non-hydrogen) atoms. The van der Waals surface area contributed by atoms with Crippen LogP contribution in [0.1, 0.15) is 7.43 Å². The minimum absolute atomic E-state index is 0. The van der Waals surface area contributed by atoms with Crippen molar-refractivity contribution in [2.45, 2.75) is 7.43 Å². The first-order valence-corrected chi connectivity index (χ1v) is 0. The average molecular weight is 141 g/mol. The van der Waals surface area contributed by atoms with Gasteiger partial charge in [0.25, 0.3) is 0 Å². The predicted molar refractivity (Wildman–Crippen MR) is 12.5 cm³/mol. The maximum absolute atomic E-state index is 0. The SMILES string of the molecule is C.[B].[Fe].[Ni]. The summed E-state index contributed by atoms with van der Waals surface area (Å²) >= 11 is 0. The molecule has 0 bridgehead atoms. The molecule has 0 spiro atoms. The summed E-state index contributed by atoms with van der Waals surface area (Å²) in [6.07, 6.45) is 0. The second kappa shape index (κ2) is 33.2. The Hall–Kier alpha value is 1.08. The van der Waals surface area contributed by atoms with Gasteiger partial charge in [-0.05, 0) is 0 Å². The van der Waals surface area contributed by atoms with Crippen LogP contribution in [0.25, 0.3) is 0 Å². The zero-order valence-electron chi connectivity index (χ0n) is 1.25. The van der Waals surface area contributed by atoms with Crippen molar-refractivity contribution in [3.05, 3.63) is 0 Å². The Bertz CT molecular complexity index is 8.00. The molecule has 3 heteroatoms. The summed E-state index contributed by atoms with van der Waals surface area (Å²) in [5.41, 5.74) is 0. The van der Waals surface area contributed by atoms with Gasteiger partial charge in [-0.25, -0.2) is 0 Å². The average Bonchev–Trinajstić information content (AvgIpc) is 0.